The molecule has 0 aromatic carbocycles. The Kier molecular flexibility index (Phi) is 9.26. The average molecular weight is 484 g/mol. The normalized spacial score (nSPS) is 33.1. The van der Waals surface area contributed by atoms with E-state index in [1.165, 1.54) is 24.8 Å². The fraction of sp³-hybridized carbons (Fsp3) is 0.710. The summed E-state index contributed by atoms with van der Waals surface area (Å²) in [5, 5.41) is 24.7. The van der Waals surface area contributed by atoms with Gasteiger partial charge in [-0.2, -0.15) is 0 Å². The lowest BCUT2D eigenvalue weighted by Gasteiger charge is -2.42. The van der Waals surface area contributed by atoms with Gasteiger partial charge in [-0.3, -0.25) is 0 Å². The van der Waals surface area contributed by atoms with Crippen LogP contribution >= 0.6 is 0 Å². The van der Waals surface area contributed by atoms with Gasteiger partial charge in [0.05, 0.1) is 17.9 Å². The summed E-state index contributed by atoms with van der Waals surface area (Å²) in [5.41, 5.74) is 6.36. The van der Waals surface area contributed by atoms with Crippen LogP contribution < -0.4 is 0 Å². The molecule has 0 unspecified atom stereocenters. The molecule has 0 heterocycles. The maximum Gasteiger partial charge on any atom is 0.114 e. The number of rotatable bonds is 8. The number of hydrogen-bond donors (Lipinski definition) is 2. The Bertz CT molecular complexity index is 887. The third-order valence-electron chi connectivity index (χ3n) is 8.63. The van der Waals surface area contributed by atoms with E-state index in [4.69, 9.17) is 4.84 Å². The molecule has 3 aliphatic carbocycles. The molecule has 0 spiro atoms. The summed E-state index contributed by atoms with van der Waals surface area (Å²) >= 11 is 0. The SMILES string of the molecule is C=C1/C(=C\C=C2/CCC[C@]3(C)C([C@H](C)CCC/C(=N\OCC)C(C)(C)C)=CC[C@@H]23)C[C@H](O)C[C@H]1O. The second-order valence-electron chi connectivity index (χ2n) is 12.3. The van der Waals surface area contributed by atoms with Crippen molar-refractivity contribution in [3.63, 3.8) is 0 Å². The molecule has 3 rings (SSSR count). The Labute approximate surface area is 213 Å². The van der Waals surface area contributed by atoms with Gasteiger partial charge in [-0.15, -0.1) is 0 Å². The third kappa shape index (κ3) is 6.57. The number of aliphatic hydroxyl groups is 2. The lowest BCUT2D eigenvalue weighted by Crippen LogP contribution is -2.32. The van der Waals surface area contributed by atoms with Gasteiger partial charge in [0, 0.05) is 11.8 Å². The molecule has 4 heteroatoms. The number of hydrogen-bond acceptors (Lipinski definition) is 4. The third-order valence-corrected chi connectivity index (χ3v) is 8.63. The minimum Gasteiger partial charge on any atom is -0.396 e. The predicted octanol–water partition coefficient (Wildman–Crippen LogP) is 7.29. The fourth-order valence-electron chi connectivity index (χ4n) is 6.51. The average Bonchev–Trinajstić information content (AvgIpc) is 3.14. The van der Waals surface area contributed by atoms with Crippen LogP contribution in [0.15, 0.2) is 52.3 Å². The number of fused-ring (bicyclic) bond motifs is 1. The Balaban J connectivity index is 1.66. The molecule has 5 atom stereocenters. The van der Waals surface area contributed by atoms with Crippen molar-refractivity contribution >= 4 is 5.71 Å². The minimum atomic E-state index is -0.627. The van der Waals surface area contributed by atoms with Crippen molar-refractivity contribution in [3.8, 4) is 0 Å². The molecular weight excluding hydrogens is 434 g/mol. The summed E-state index contributed by atoms with van der Waals surface area (Å²) in [6.07, 6.45) is 14.9. The molecule has 196 valence electrons. The first kappa shape index (κ1) is 27.9. The molecule has 2 saturated carbocycles. The largest absolute Gasteiger partial charge is 0.396 e. The van der Waals surface area contributed by atoms with Gasteiger partial charge in [-0.1, -0.05) is 75.7 Å². The highest BCUT2D eigenvalue weighted by Gasteiger charge is 2.45. The van der Waals surface area contributed by atoms with Crippen LogP contribution in [0, 0.1) is 22.7 Å². The van der Waals surface area contributed by atoms with Gasteiger partial charge in [-0.25, -0.2) is 0 Å². The van der Waals surface area contributed by atoms with Gasteiger partial charge in [0.15, 0.2) is 0 Å². The van der Waals surface area contributed by atoms with Crippen LogP contribution in [0.4, 0.5) is 0 Å². The van der Waals surface area contributed by atoms with E-state index in [0.717, 1.165) is 42.5 Å². The van der Waals surface area contributed by atoms with Gasteiger partial charge in [0.2, 0.25) is 0 Å². The molecule has 0 amide bonds. The second-order valence-corrected chi connectivity index (χ2v) is 12.3. The molecule has 2 N–H and O–H groups in total. The van der Waals surface area contributed by atoms with E-state index < -0.39 is 12.2 Å². The quantitative estimate of drug-likeness (QED) is 0.216. The lowest BCUT2D eigenvalue weighted by atomic mass is 9.62. The summed E-state index contributed by atoms with van der Waals surface area (Å²) in [6.45, 7) is 18.2. The molecular formula is C31H49NO3. The van der Waals surface area contributed by atoms with E-state index in [2.05, 4.69) is 64.6 Å². The van der Waals surface area contributed by atoms with Crippen LogP contribution in [0.1, 0.15) is 99.3 Å². The molecule has 0 radical (unpaired) electrons. The maximum absolute atomic E-state index is 10.2. The molecule has 35 heavy (non-hydrogen) atoms. The molecule has 0 saturated heterocycles. The number of oxime groups is 1. The van der Waals surface area contributed by atoms with Crippen LogP contribution in [0.5, 0.6) is 0 Å². The Morgan fingerprint density at radius 1 is 1.31 bits per heavy atom. The first-order valence-corrected chi connectivity index (χ1v) is 13.8. The lowest BCUT2D eigenvalue weighted by molar-refractivity contribution is 0.0862. The summed E-state index contributed by atoms with van der Waals surface area (Å²) in [7, 11) is 0. The van der Waals surface area contributed by atoms with Crippen LogP contribution in [0.2, 0.25) is 0 Å². The molecule has 4 nitrogen and oxygen atoms in total. The first-order chi connectivity index (χ1) is 16.5. The molecule has 3 aliphatic rings. The number of nitrogens with zero attached hydrogens (tertiary/aromatic N) is 1. The summed E-state index contributed by atoms with van der Waals surface area (Å²) in [4.78, 5) is 5.40. The standard InChI is InChI=1S/C31H49NO3/c1-8-35-32-29(30(4,5)6)13-9-11-21(2)26-16-17-27-23(12-10-18-31(26,27)7)14-15-24-19-25(33)20-28(34)22(24)3/h14-16,21,25,27-28,33-34H,3,8-13,17-20H2,1-2,4-7H3/b23-14+,24-15-,32-29+/t21-,25+,27+,28-,31-/m1/s1. The molecule has 0 aromatic rings. The zero-order valence-corrected chi connectivity index (χ0v) is 23.1. The Morgan fingerprint density at radius 2 is 2.06 bits per heavy atom. The van der Waals surface area contributed by atoms with Gasteiger partial charge in [0.25, 0.3) is 0 Å². The molecule has 2 fully saturated rings. The smallest absolute Gasteiger partial charge is 0.114 e. The Hall–Kier alpha value is -1.65. The van der Waals surface area contributed by atoms with Gasteiger partial charge >= 0.3 is 0 Å². The maximum atomic E-state index is 10.2. The van der Waals surface area contributed by atoms with Crippen molar-refractivity contribution in [2.24, 2.45) is 27.8 Å². The van der Waals surface area contributed by atoms with E-state index in [1.807, 2.05) is 6.92 Å². The monoisotopic (exact) mass is 483 g/mol. The number of allylic oxidation sites excluding steroid dienone is 5. The van der Waals surface area contributed by atoms with Gasteiger partial charge in [-0.05, 0) is 86.7 Å². The molecule has 0 aliphatic heterocycles. The van der Waals surface area contributed by atoms with Crippen molar-refractivity contribution < 1.29 is 15.1 Å². The zero-order valence-electron chi connectivity index (χ0n) is 23.1. The van der Waals surface area contributed by atoms with Crippen LogP contribution in [-0.2, 0) is 4.84 Å². The van der Waals surface area contributed by atoms with E-state index in [9.17, 15) is 10.2 Å². The predicted molar refractivity (Wildman–Crippen MR) is 146 cm³/mol. The van der Waals surface area contributed by atoms with E-state index in [0.29, 0.717) is 31.3 Å². The molecule has 0 bridgehead atoms. The van der Waals surface area contributed by atoms with Crippen LogP contribution in [-0.4, -0.2) is 34.7 Å². The number of aliphatic hydroxyl groups excluding tert-OH is 2. The summed E-state index contributed by atoms with van der Waals surface area (Å²) < 4.78 is 0. The van der Waals surface area contributed by atoms with Crippen molar-refractivity contribution in [2.45, 2.75) is 112 Å². The van der Waals surface area contributed by atoms with Crippen LogP contribution in [0.25, 0.3) is 0 Å². The van der Waals surface area contributed by atoms with Gasteiger partial charge < -0.3 is 15.1 Å². The summed E-state index contributed by atoms with van der Waals surface area (Å²) in [6, 6.07) is 0. The highest BCUT2D eigenvalue weighted by atomic mass is 16.6. The summed E-state index contributed by atoms with van der Waals surface area (Å²) in [5.74, 6) is 1.13. The van der Waals surface area contributed by atoms with Crippen LogP contribution in [0.3, 0.4) is 0 Å². The van der Waals surface area contributed by atoms with Crippen molar-refractivity contribution in [1.82, 2.24) is 0 Å². The fourth-order valence-corrected chi connectivity index (χ4v) is 6.51. The molecule has 0 aromatic heterocycles. The zero-order chi connectivity index (χ0) is 25.8. The first-order valence-electron chi connectivity index (χ1n) is 13.8. The second kappa shape index (κ2) is 11.6. The van der Waals surface area contributed by atoms with E-state index in [-0.39, 0.29) is 10.8 Å². The highest BCUT2D eigenvalue weighted by Crippen LogP contribution is 2.57. The Morgan fingerprint density at radius 3 is 2.74 bits per heavy atom. The minimum absolute atomic E-state index is 0.0371. The van der Waals surface area contributed by atoms with Crippen molar-refractivity contribution in [2.75, 3.05) is 6.61 Å². The van der Waals surface area contributed by atoms with Gasteiger partial charge in [0.1, 0.15) is 6.61 Å². The van der Waals surface area contributed by atoms with Crippen molar-refractivity contribution in [3.05, 3.63) is 47.1 Å². The van der Waals surface area contributed by atoms with E-state index >= 15 is 0 Å². The topological polar surface area (TPSA) is 62.0 Å². The van der Waals surface area contributed by atoms with Crippen molar-refractivity contribution in [1.29, 1.82) is 0 Å². The highest BCUT2D eigenvalue weighted by molar-refractivity contribution is 5.88. The van der Waals surface area contributed by atoms with E-state index in [1.54, 1.807) is 5.57 Å².